The number of aromatic nitrogens is 4. The van der Waals surface area contributed by atoms with Crippen LogP contribution in [0.1, 0.15) is 55.7 Å². The third kappa shape index (κ3) is 4.08. The number of pyridine rings is 1. The molecule has 0 radical (unpaired) electrons. The number of halogens is 4. The van der Waals surface area contributed by atoms with Crippen molar-refractivity contribution in [2.24, 2.45) is 0 Å². The lowest BCUT2D eigenvalue weighted by Crippen LogP contribution is -2.59. The molecule has 0 spiro atoms. The van der Waals surface area contributed by atoms with E-state index in [9.17, 15) is 13.2 Å². The quantitative estimate of drug-likeness (QED) is 0.484. The number of rotatable bonds is 3. The van der Waals surface area contributed by atoms with Crippen LogP contribution in [0.2, 0.25) is 5.02 Å². The Morgan fingerprint density at radius 3 is 2.49 bits per heavy atom. The van der Waals surface area contributed by atoms with E-state index in [-0.39, 0.29) is 24.6 Å². The Balaban J connectivity index is 1.30. The highest BCUT2D eigenvalue weighted by atomic mass is 35.5. The van der Waals surface area contributed by atoms with Crippen molar-refractivity contribution in [3.8, 4) is 5.69 Å². The van der Waals surface area contributed by atoms with Gasteiger partial charge in [0.05, 0.1) is 18.4 Å². The van der Waals surface area contributed by atoms with Crippen molar-refractivity contribution in [2.75, 3.05) is 18.0 Å². The first-order chi connectivity index (χ1) is 16.7. The maximum atomic E-state index is 13.9. The second-order valence-electron chi connectivity index (χ2n) is 10.2. The lowest BCUT2D eigenvalue weighted by atomic mass is 9.73. The molecule has 4 heterocycles. The van der Waals surface area contributed by atoms with E-state index in [1.54, 1.807) is 6.07 Å². The fourth-order valence-corrected chi connectivity index (χ4v) is 6.08. The van der Waals surface area contributed by atoms with Crippen LogP contribution < -0.4 is 4.90 Å². The molecule has 3 aliphatic rings. The van der Waals surface area contributed by atoms with Gasteiger partial charge in [-0.15, -0.1) is 10.2 Å². The molecule has 3 aromatic rings. The Kier molecular flexibility index (Phi) is 5.34. The first kappa shape index (κ1) is 22.8. The Morgan fingerprint density at radius 2 is 1.80 bits per heavy atom. The first-order valence-corrected chi connectivity index (χ1v) is 12.3. The highest BCUT2D eigenvalue weighted by Crippen LogP contribution is 2.50. The largest absolute Gasteiger partial charge is 0.357 e. The second kappa shape index (κ2) is 8.20. The van der Waals surface area contributed by atoms with Crippen LogP contribution >= 0.6 is 11.6 Å². The van der Waals surface area contributed by atoms with Gasteiger partial charge in [0.25, 0.3) is 5.92 Å². The predicted molar refractivity (Wildman–Crippen MR) is 127 cm³/mol. The first-order valence-electron chi connectivity index (χ1n) is 11.9. The van der Waals surface area contributed by atoms with Gasteiger partial charge in [0.1, 0.15) is 17.5 Å². The summed E-state index contributed by atoms with van der Waals surface area (Å²) in [7, 11) is 0. The summed E-state index contributed by atoms with van der Waals surface area (Å²) in [6.07, 6.45) is 2.63. The van der Waals surface area contributed by atoms with Crippen LogP contribution in [0.25, 0.3) is 5.69 Å². The van der Waals surface area contributed by atoms with Gasteiger partial charge in [-0.2, -0.15) is 0 Å². The van der Waals surface area contributed by atoms with Gasteiger partial charge in [-0.3, -0.25) is 9.47 Å². The Bertz CT molecular complexity index is 1240. The number of piperidine rings is 1. The molecule has 0 N–H and O–H groups in total. The van der Waals surface area contributed by atoms with Crippen molar-refractivity contribution in [3.05, 3.63) is 64.6 Å². The molecule has 0 atom stereocenters. The molecule has 1 aromatic carbocycles. The van der Waals surface area contributed by atoms with Gasteiger partial charge in [0.2, 0.25) is 0 Å². The number of fused-ring (bicyclic) bond motifs is 3. The SMILES string of the molecule is CC1(N2Cc3cc(Cl)ccc3-n3c(nnc3C3CCN(c4ccc(F)cn4)CC3)C2)CC(F)(F)C1. The van der Waals surface area contributed by atoms with Crippen molar-refractivity contribution in [1.29, 1.82) is 0 Å². The molecule has 10 heteroatoms. The van der Waals surface area contributed by atoms with Crippen LogP contribution in [-0.2, 0) is 13.1 Å². The van der Waals surface area contributed by atoms with Crippen LogP contribution in [0.5, 0.6) is 0 Å². The number of hydrogen-bond acceptors (Lipinski definition) is 5. The Labute approximate surface area is 206 Å². The minimum absolute atomic E-state index is 0.160. The van der Waals surface area contributed by atoms with Crippen LogP contribution in [0.3, 0.4) is 0 Å². The molecule has 0 amide bonds. The van der Waals surface area contributed by atoms with E-state index in [4.69, 9.17) is 11.6 Å². The smallest absolute Gasteiger partial charge is 0.251 e. The van der Waals surface area contributed by atoms with Crippen molar-refractivity contribution in [3.63, 3.8) is 0 Å². The monoisotopic (exact) mass is 502 g/mol. The molecule has 2 fully saturated rings. The minimum atomic E-state index is -2.62. The third-order valence-electron chi connectivity index (χ3n) is 7.67. The number of alkyl halides is 2. The Hall–Kier alpha value is -2.65. The van der Waals surface area contributed by atoms with Crippen molar-refractivity contribution in [2.45, 2.75) is 63.1 Å². The number of nitrogens with zero attached hydrogens (tertiary/aromatic N) is 6. The molecular weight excluding hydrogens is 477 g/mol. The minimum Gasteiger partial charge on any atom is -0.357 e. The summed E-state index contributed by atoms with van der Waals surface area (Å²) in [5, 5.41) is 9.76. The maximum absolute atomic E-state index is 13.9. The molecule has 2 aromatic heterocycles. The standard InChI is InChI=1S/C25H26ClF3N6/c1-24(14-25(28,29)15-24)34-12-17-10-18(26)2-4-20(17)35-22(13-34)31-32-23(35)16-6-8-33(9-7-16)21-5-3-19(27)11-30-21/h2-5,10-11,16H,6-9,12-15H2,1H3. The van der Waals surface area contributed by atoms with Gasteiger partial charge in [0, 0.05) is 49.0 Å². The zero-order valence-corrected chi connectivity index (χ0v) is 20.1. The molecule has 0 unspecified atom stereocenters. The van der Waals surface area contributed by atoms with Crippen LogP contribution in [0.4, 0.5) is 19.0 Å². The molecule has 35 heavy (non-hydrogen) atoms. The van der Waals surface area contributed by atoms with Gasteiger partial charge >= 0.3 is 0 Å². The molecule has 184 valence electrons. The van der Waals surface area contributed by atoms with E-state index in [0.717, 1.165) is 54.6 Å². The molecule has 1 saturated carbocycles. The molecular formula is C25H26ClF3N6. The van der Waals surface area contributed by atoms with Crippen molar-refractivity contribution < 1.29 is 13.2 Å². The summed E-state index contributed by atoms with van der Waals surface area (Å²) in [5.74, 6) is -0.356. The fourth-order valence-electron chi connectivity index (χ4n) is 5.88. The van der Waals surface area contributed by atoms with Gasteiger partial charge in [-0.1, -0.05) is 11.6 Å². The van der Waals surface area contributed by atoms with Gasteiger partial charge in [-0.05, 0) is 55.7 Å². The number of hydrogen-bond donors (Lipinski definition) is 0. The summed E-state index contributed by atoms with van der Waals surface area (Å²) < 4.78 is 43.1. The van der Waals surface area contributed by atoms with E-state index in [1.807, 2.05) is 25.1 Å². The highest BCUT2D eigenvalue weighted by Gasteiger charge is 2.57. The summed E-state index contributed by atoms with van der Waals surface area (Å²) in [6.45, 7) is 4.43. The van der Waals surface area contributed by atoms with E-state index in [0.29, 0.717) is 18.1 Å². The lowest BCUT2D eigenvalue weighted by molar-refractivity contribution is -0.173. The fraction of sp³-hybridized carbons (Fsp3) is 0.480. The lowest BCUT2D eigenvalue weighted by Gasteiger charge is -2.51. The Morgan fingerprint density at radius 1 is 1.03 bits per heavy atom. The normalized spacial score (nSPS) is 21.7. The zero-order valence-electron chi connectivity index (χ0n) is 19.4. The average molecular weight is 503 g/mol. The number of anilines is 1. The van der Waals surface area contributed by atoms with E-state index in [2.05, 4.69) is 29.5 Å². The number of benzene rings is 1. The molecule has 1 aliphatic carbocycles. The molecule has 2 aliphatic heterocycles. The second-order valence-corrected chi connectivity index (χ2v) is 10.7. The van der Waals surface area contributed by atoms with Crippen LogP contribution in [0, 0.1) is 5.82 Å². The van der Waals surface area contributed by atoms with Gasteiger partial charge in [0.15, 0.2) is 5.82 Å². The third-order valence-corrected chi connectivity index (χ3v) is 7.90. The topological polar surface area (TPSA) is 50.1 Å². The summed E-state index contributed by atoms with van der Waals surface area (Å²) in [5.41, 5.74) is 1.35. The van der Waals surface area contributed by atoms with E-state index < -0.39 is 11.5 Å². The van der Waals surface area contributed by atoms with Gasteiger partial charge < -0.3 is 4.90 Å². The molecule has 6 rings (SSSR count). The zero-order chi connectivity index (χ0) is 24.4. The highest BCUT2D eigenvalue weighted by molar-refractivity contribution is 6.30. The molecule has 6 nitrogen and oxygen atoms in total. The van der Waals surface area contributed by atoms with Gasteiger partial charge in [-0.25, -0.2) is 18.2 Å². The van der Waals surface area contributed by atoms with Crippen molar-refractivity contribution in [1.82, 2.24) is 24.6 Å². The van der Waals surface area contributed by atoms with Crippen LogP contribution in [0.15, 0.2) is 36.5 Å². The maximum Gasteiger partial charge on any atom is 0.251 e. The van der Waals surface area contributed by atoms with Crippen molar-refractivity contribution >= 4 is 17.4 Å². The van der Waals surface area contributed by atoms with E-state index in [1.165, 1.54) is 12.3 Å². The summed E-state index contributed by atoms with van der Waals surface area (Å²) in [6, 6.07) is 8.89. The molecule has 0 bridgehead atoms. The van der Waals surface area contributed by atoms with Crippen LogP contribution in [-0.4, -0.2) is 49.2 Å². The molecule has 1 saturated heterocycles. The summed E-state index contributed by atoms with van der Waals surface area (Å²) in [4.78, 5) is 8.46. The predicted octanol–water partition coefficient (Wildman–Crippen LogP) is 5.34. The summed E-state index contributed by atoms with van der Waals surface area (Å²) >= 11 is 6.34. The average Bonchev–Trinajstić information content (AvgIpc) is 3.14. The van der Waals surface area contributed by atoms with E-state index >= 15 is 0 Å².